The fourth-order valence-electron chi connectivity index (χ4n) is 2.50. The van der Waals surface area contributed by atoms with Gasteiger partial charge in [-0.2, -0.15) is 0 Å². The SMILES string of the molecule is C[C@@H](OC(=O)CNC(=O)c1ccccc1)C(=O)Nc1ccc2c(c1)OCCO2. The molecule has 0 aromatic heterocycles. The summed E-state index contributed by atoms with van der Waals surface area (Å²) in [5, 5.41) is 5.10. The first-order valence-corrected chi connectivity index (χ1v) is 8.76. The first-order valence-electron chi connectivity index (χ1n) is 8.76. The molecule has 2 aromatic rings. The molecule has 8 heteroatoms. The highest BCUT2D eigenvalue weighted by molar-refractivity contribution is 5.97. The van der Waals surface area contributed by atoms with Gasteiger partial charge in [-0.3, -0.25) is 14.4 Å². The van der Waals surface area contributed by atoms with Crippen LogP contribution in [0.1, 0.15) is 17.3 Å². The summed E-state index contributed by atoms with van der Waals surface area (Å²) in [7, 11) is 0. The van der Waals surface area contributed by atoms with Gasteiger partial charge in [-0.05, 0) is 31.2 Å². The summed E-state index contributed by atoms with van der Waals surface area (Å²) in [6.45, 7) is 2.03. The maximum atomic E-state index is 12.2. The fourth-order valence-corrected chi connectivity index (χ4v) is 2.50. The quantitative estimate of drug-likeness (QED) is 0.736. The number of hydrogen-bond acceptors (Lipinski definition) is 6. The lowest BCUT2D eigenvalue weighted by Crippen LogP contribution is -2.35. The van der Waals surface area contributed by atoms with Crippen molar-refractivity contribution in [3.05, 3.63) is 54.1 Å². The van der Waals surface area contributed by atoms with E-state index in [0.717, 1.165) is 0 Å². The molecule has 2 aromatic carbocycles. The predicted octanol–water partition coefficient (Wildman–Crippen LogP) is 1.76. The Labute approximate surface area is 161 Å². The van der Waals surface area contributed by atoms with Crippen LogP contribution in [0, 0.1) is 0 Å². The van der Waals surface area contributed by atoms with Crippen LogP contribution in [-0.4, -0.2) is 43.6 Å². The van der Waals surface area contributed by atoms with E-state index < -0.39 is 23.9 Å². The van der Waals surface area contributed by atoms with Crippen LogP contribution in [0.5, 0.6) is 11.5 Å². The minimum Gasteiger partial charge on any atom is -0.486 e. The van der Waals surface area contributed by atoms with Crippen LogP contribution in [0.2, 0.25) is 0 Å². The topological polar surface area (TPSA) is 103 Å². The zero-order valence-corrected chi connectivity index (χ0v) is 15.3. The molecule has 28 heavy (non-hydrogen) atoms. The first-order chi connectivity index (χ1) is 13.5. The third kappa shape index (κ3) is 5.00. The highest BCUT2D eigenvalue weighted by Crippen LogP contribution is 2.32. The number of amides is 2. The van der Waals surface area contributed by atoms with Gasteiger partial charge >= 0.3 is 5.97 Å². The summed E-state index contributed by atoms with van der Waals surface area (Å²) in [5.41, 5.74) is 0.925. The summed E-state index contributed by atoms with van der Waals surface area (Å²) in [6.07, 6.45) is -1.03. The number of anilines is 1. The molecular formula is C20H20N2O6. The minimum atomic E-state index is -1.03. The molecule has 1 aliphatic heterocycles. The van der Waals surface area contributed by atoms with Crippen LogP contribution in [0.25, 0.3) is 0 Å². The van der Waals surface area contributed by atoms with Crippen molar-refractivity contribution in [1.29, 1.82) is 0 Å². The molecule has 0 saturated carbocycles. The molecule has 0 aliphatic carbocycles. The van der Waals surface area contributed by atoms with Gasteiger partial charge < -0.3 is 24.8 Å². The smallest absolute Gasteiger partial charge is 0.326 e. The third-order valence-electron chi connectivity index (χ3n) is 3.92. The van der Waals surface area contributed by atoms with Gasteiger partial charge in [0.15, 0.2) is 17.6 Å². The summed E-state index contributed by atoms with van der Waals surface area (Å²) < 4.78 is 15.9. The number of nitrogens with one attached hydrogen (secondary N) is 2. The highest BCUT2D eigenvalue weighted by atomic mass is 16.6. The molecule has 0 radical (unpaired) electrons. The standard InChI is InChI=1S/C20H20N2O6/c1-13(28-18(23)12-21-20(25)14-5-3-2-4-6-14)19(24)22-15-7-8-16-17(11-15)27-10-9-26-16/h2-8,11,13H,9-10,12H2,1H3,(H,21,25)(H,22,24)/t13-/m1/s1. The molecule has 1 aliphatic rings. The van der Waals surface area contributed by atoms with E-state index in [1.165, 1.54) is 6.92 Å². The van der Waals surface area contributed by atoms with E-state index >= 15 is 0 Å². The van der Waals surface area contributed by atoms with Crippen molar-refractivity contribution in [2.45, 2.75) is 13.0 Å². The van der Waals surface area contributed by atoms with E-state index in [2.05, 4.69) is 10.6 Å². The Morgan fingerprint density at radius 3 is 2.50 bits per heavy atom. The van der Waals surface area contributed by atoms with Crippen molar-refractivity contribution in [3.63, 3.8) is 0 Å². The van der Waals surface area contributed by atoms with Crippen LogP contribution in [0.3, 0.4) is 0 Å². The van der Waals surface area contributed by atoms with Crippen LogP contribution in [0.15, 0.2) is 48.5 Å². The monoisotopic (exact) mass is 384 g/mol. The van der Waals surface area contributed by atoms with Gasteiger partial charge in [-0.15, -0.1) is 0 Å². The van der Waals surface area contributed by atoms with Crippen molar-refractivity contribution in [1.82, 2.24) is 5.32 Å². The van der Waals surface area contributed by atoms with Crippen LogP contribution >= 0.6 is 0 Å². The minimum absolute atomic E-state index is 0.338. The van der Waals surface area contributed by atoms with E-state index in [0.29, 0.717) is 36.0 Å². The van der Waals surface area contributed by atoms with Gasteiger partial charge in [0.25, 0.3) is 11.8 Å². The maximum absolute atomic E-state index is 12.2. The van der Waals surface area contributed by atoms with Gasteiger partial charge in [-0.25, -0.2) is 0 Å². The Kier molecular flexibility index (Phi) is 6.11. The van der Waals surface area contributed by atoms with Crippen LogP contribution < -0.4 is 20.1 Å². The number of esters is 1. The van der Waals surface area contributed by atoms with Crippen LogP contribution in [0.4, 0.5) is 5.69 Å². The molecule has 0 saturated heterocycles. The predicted molar refractivity (Wildman–Crippen MR) is 100 cm³/mol. The molecular weight excluding hydrogens is 364 g/mol. The Bertz CT molecular complexity index is 868. The number of ether oxygens (including phenoxy) is 3. The first kappa shape index (κ1) is 19.2. The molecule has 0 spiro atoms. The number of benzene rings is 2. The summed E-state index contributed by atoms with van der Waals surface area (Å²) >= 11 is 0. The second-order valence-electron chi connectivity index (χ2n) is 6.03. The number of carbonyl (C=O) groups is 3. The van der Waals surface area contributed by atoms with Crippen molar-refractivity contribution < 1.29 is 28.6 Å². The van der Waals surface area contributed by atoms with Crippen LogP contribution in [-0.2, 0) is 14.3 Å². The molecule has 3 rings (SSSR count). The van der Waals surface area contributed by atoms with Gasteiger partial charge in [0.2, 0.25) is 0 Å². The molecule has 0 bridgehead atoms. The van der Waals surface area contributed by atoms with Gasteiger partial charge in [0.1, 0.15) is 19.8 Å². The highest BCUT2D eigenvalue weighted by Gasteiger charge is 2.20. The van der Waals surface area contributed by atoms with Gasteiger partial charge in [-0.1, -0.05) is 18.2 Å². The summed E-state index contributed by atoms with van der Waals surface area (Å²) in [5.74, 6) is -0.463. The molecule has 0 fully saturated rings. The van der Waals surface area contributed by atoms with Crippen molar-refractivity contribution in [2.75, 3.05) is 25.1 Å². The second kappa shape index (κ2) is 8.90. The second-order valence-corrected chi connectivity index (χ2v) is 6.03. The van der Waals surface area contributed by atoms with Crippen molar-refractivity contribution >= 4 is 23.5 Å². The fraction of sp³-hybridized carbons (Fsp3) is 0.250. The van der Waals surface area contributed by atoms with E-state index in [9.17, 15) is 14.4 Å². The molecule has 2 amide bonds. The van der Waals surface area contributed by atoms with Crippen molar-refractivity contribution in [3.8, 4) is 11.5 Å². The van der Waals surface area contributed by atoms with E-state index in [1.54, 1.807) is 48.5 Å². The third-order valence-corrected chi connectivity index (χ3v) is 3.92. The van der Waals surface area contributed by atoms with Crippen molar-refractivity contribution in [2.24, 2.45) is 0 Å². The zero-order valence-electron chi connectivity index (χ0n) is 15.3. The number of hydrogen-bond donors (Lipinski definition) is 2. The largest absolute Gasteiger partial charge is 0.486 e. The molecule has 2 N–H and O–H groups in total. The molecule has 0 unspecified atom stereocenters. The Balaban J connectivity index is 1.47. The average Bonchev–Trinajstić information content (AvgIpc) is 2.72. The van der Waals surface area contributed by atoms with Gasteiger partial charge in [0, 0.05) is 17.3 Å². The number of carbonyl (C=O) groups excluding carboxylic acids is 3. The molecule has 1 heterocycles. The normalized spacial score (nSPS) is 13.2. The number of fused-ring (bicyclic) bond motifs is 1. The summed E-state index contributed by atoms with van der Waals surface area (Å²) in [6, 6.07) is 13.5. The van der Waals surface area contributed by atoms with E-state index in [4.69, 9.17) is 14.2 Å². The Morgan fingerprint density at radius 1 is 1.04 bits per heavy atom. The average molecular weight is 384 g/mol. The zero-order chi connectivity index (χ0) is 19.9. The van der Waals surface area contributed by atoms with Gasteiger partial charge in [0.05, 0.1) is 0 Å². The maximum Gasteiger partial charge on any atom is 0.326 e. The lowest BCUT2D eigenvalue weighted by atomic mass is 10.2. The van der Waals surface area contributed by atoms with E-state index in [-0.39, 0.29) is 6.54 Å². The molecule has 146 valence electrons. The summed E-state index contributed by atoms with van der Waals surface area (Å²) in [4.78, 5) is 36.0. The Morgan fingerprint density at radius 2 is 1.75 bits per heavy atom. The number of rotatable bonds is 6. The van der Waals surface area contributed by atoms with E-state index in [1.807, 2.05) is 0 Å². The lowest BCUT2D eigenvalue weighted by molar-refractivity contribution is -0.152. The molecule has 8 nitrogen and oxygen atoms in total. The molecule has 1 atom stereocenters. The lowest BCUT2D eigenvalue weighted by Gasteiger charge is -2.19. The Hall–Kier alpha value is -3.55.